The molecule has 0 fully saturated rings. The van der Waals surface area contributed by atoms with Gasteiger partial charge in [0.15, 0.2) is 12.4 Å². The SMILES string of the molecule is Cc1cccc(OCC(=O)Nc2cccc(-c3nn4c(C)nnc4s3)c2)c1. The van der Waals surface area contributed by atoms with E-state index in [9.17, 15) is 4.79 Å². The number of hydrogen-bond donors (Lipinski definition) is 1. The van der Waals surface area contributed by atoms with E-state index >= 15 is 0 Å². The van der Waals surface area contributed by atoms with Crippen molar-refractivity contribution >= 4 is 27.9 Å². The van der Waals surface area contributed by atoms with Crippen LogP contribution in [0.5, 0.6) is 5.75 Å². The Kier molecular flexibility index (Phi) is 4.55. The average Bonchev–Trinajstić information content (AvgIpc) is 3.23. The molecule has 0 aliphatic rings. The van der Waals surface area contributed by atoms with Gasteiger partial charge >= 0.3 is 0 Å². The Hall–Kier alpha value is -3.26. The monoisotopic (exact) mass is 379 g/mol. The van der Waals surface area contributed by atoms with E-state index in [1.165, 1.54) is 11.3 Å². The second-order valence-electron chi connectivity index (χ2n) is 6.08. The van der Waals surface area contributed by atoms with Crippen LogP contribution in [-0.2, 0) is 4.79 Å². The summed E-state index contributed by atoms with van der Waals surface area (Å²) in [6.07, 6.45) is 0. The van der Waals surface area contributed by atoms with Crippen LogP contribution in [0.15, 0.2) is 48.5 Å². The lowest BCUT2D eigenvalue weighted by atomic mass is 10.2. The summed E-state index contributed by atoms with van der Waals surface area (Å²) in [4.78, 5) is 12.9. The summed E-state index contributed by atoms with van der Waals surface area (Å²) in [6.45, 7) is 3.78. The highest BCUT2D eigenvalue weighted by atomic mass is 32.1. The number of nitrogens with zero attached hydrogens (tertiary/aromatic N) is 4. The first kappa shape index (κ1) is 17.2. The molecule has 0 aliphatic carbocycles. The molecule has 0 aliphatic heterocycles. The molecule has 2 aromatic heterocycles. The van der Waals surface area contributed by atoms with Gasteiger partial charge in [-0.15, -0.1) is 10.2 Å². The molecule has 0 bridgehead atoms. The average molecular weight is 379 g/mol. The van der Waals surface area contributed by atoms with E-state index in [1.54, 1.807) is 4.52 Å². The smallest absolute Gasteiger partial charge is 0.262 e. The van der Waals surface area contributed by atoms with Crippen LogP contribution >= 0.6 is 11.3 Å². The van der Waals surface area contributed by atoms with Gasteiger partial charge in [-0.1, -0.05) is 35.6 Å². The van der Waals surface area contributed by atoms with Gasteiger partial charge in [0.25, 0.3) is 5.91 Å². The van der Waals surface area contributed by atoms with Gasteiger partial charge in [0.05, 0.1) is 0 Å². The van der Waals surface area contributed by atoms with Gasteiger partial charge in [-0.25, -0.2) is 0 Å². The normalized spacial score (nSPS) is 10.9. The fourth-order valence-corrected chi connectivity index (χ4v) is 3.49. The third kappa shape index (κ3) is 3.80. The number of rotatable bonds is 5. The zero-order valence-corrected chi connectivity index (χ0v) is 15.7. The van der Waals surface area contributed by atoms with Crippen LogP contribution in [0.25, 0.3) is 15.5 Å². The number of carbonyl (C=O) groups is 1. The van der Waals surface area contributed by atoms with Crippen molar-refractivity contribution in [1.29, 1.82) is 0 Å². The molecule has 8 heteroatoms. The van der Waals surface area contributed by atoms with Crippen LogP contribution in [0.3, 0.4) is 0 Å². The molecular weight excluding hydrogens is 362 g/mol. The molecule has 4 aromatic rings. The summed E-state index contributed by atoms with van der Waals surface area (Å²) in [5.74, 6) is 1.20. The van der Waals surface area contributed by atoms with Crippen molar-refractivity contribution in [3.8, 4) is 16.3 Å². The van der Waals surface area contributed by atoms with E-state index in [4.69, 9.17) is 4.74 Å². The lowest BCUT2D eigenvalue weighted by molar-refractivity contribution is -0.118. The maximum absolute atomic E-state index is 12.2. The van der Waals surface area contributed by atoms with Crippen molar-refractivity contribution in [2.24, 2.45) is 0 Å². The summed E-state index contributed by atoms with van der Waals surface area (Å²) in [5.41, 5.74) is 2.68. The molecule has 4 rings (SSSR count). The third-order valence-corrected chi connectivity index (χ3v) is 4.85. The number of aromatic nitrogens is 4. The maximum atomic E-state index is 12.2. The number of aryl methyl sites for hydroxylation is 2. The van der Waals surface area contributed by atoms with Crippen molar-refractivity contribution in [1.82, 2.24) is 19.8 Å². The Morgan fingerprint density at radius 3 is 2.81 bits per heavy atom. The lowest BCUT2D eigenvalue weighted by Crippen LogP contribution is -2.20. The summed E-state index contributed by atoms with van der Waals surface area (Å²) in [7, 11) is 0. The molecule has 2 aromatic carbocycles. The Morgan fingerprint density at radius 2 is 2.00 bits per heavy atom. The highest BCUT2D eigenvalue weighted by molar-refractivity contribution is 7.19. The number of amides is 1. The molecule has 0 saturated heterocycles. The molecule has 0 unspecified atom stereocenters. The molecule has 7 nitrogen and oxygen atoms in total. The minimum atomic E-state index is -0.220. The molecular formula is C19H17N5O2S. The van der Waals surface area contributed by atoms with Gasteiger partial charge < -0.3 is 10.1 Å². The van der Waals surface area contributed by atoms with Gasteiger partial charge in [-0.2, -0.15) is 9.61 Å². The molecule has 0 radical (unpaired) electrons. The van der Waals surface area contributed by atoms with Gasteiger partial charge in [0.1, 0.15) is 10.8 Å². The van der Waals surface area contributed by atoms with Crippen molar-refractivity contribution in [3.63, 3.8) is 0 Å². The van der Waals surface area contributed by atoms with E-state index in [2.05, 4.69) is 20.6 Å². The first-order chi connectivity index (χ1) is 13.1. The number of fused-ring (bicyclic) bond motifs is 1. The zero-order chi connectivity index (χ0) is 18.8. The molecule has 0 atom stereocenters. The van der Waals surface area contributed by atoms with Gasteiger partial charge in [0, 0.05) is 11.3 Å². The second kappa shape index (κ2) is 7.16. The highest BCUT2D eigenvalue weighted by Crippen LogP contribution is 2.27. The Morgan fingerprint density at radius 1 is 1.15 bits per heavy atom. The van der Waals surface area contributed by atoms with Crippen LogP contribution in [-0.4, -0.2) is 32.3 Å². The molecule has 1 amide bonds. The van der Waals surface area contributed by atoms with Crippen molar-refractivity contribution in [2.45, 2.75) is 13.8 Å². The number of nitrogens with one attached hydrogen (secondary N) is 1. The molecule has 2 heterocycles. The quantitative estimate of drug-likeness (QED) is 0.574. The zero-order valence-electron chi connectivity index (χ0n) is 14.8. The van der Waals surface area contributed by atoms with Crippen LogP contribution in [0.1, 0.15) is 11.4 Å². The standard InChI is InChI=1S/C19H17N5O2S/c1-12-5-3-8-16(9-12)26-11-17(25)20-15-7-4-6-14(10-15)18-23-24-13(2)21-22-19(24)27-18/h3-10H,11H2,1-2H3,(H,20,25). The van der Waals surface area contributed by atoms with Gasteiger partial charge in [-0.05, 0) is 43.7 Å². The van der Waals surface area contributed by atoms with Crippen LogP contribution in [0, 0.1) is 13.8 Å². The first-order valence-electron chi connectivity index (χ1n) is 8.37. The van der Waals surface area contributed by atoms with Gasteiger partial charge in [0.2, 0.25) is 4.96 Å². The van der Waals surface area contributed by atoms with E-state index in [0.29, 0.717) is 11.4 Å². The molecule has 136 valence electrons. The number of carbonyl (C=O) groups excluding carboxylic acids is 1. The maximum Gasteiger partial charge on any atom is 0.262 e. The molecule has 1 N–H and O–H groups in total. The predicted octanol–water partition coefficient (Wildman–Crippen LogP) is 3.49. The first-order valence-corrected chi connectivity index (χ1v) is 9.19. The highest BCUT2D eigenvalue weighted by Gasteiger charge is 2.11. The Bertz CT molecular complexity index is 1120. The summed E-state index contributed by atoms with van der Waals surface area (Å²) in [6, 6.07) is 15.1. The van der Waals surface area contributed by atoms with Crippen molar-refractivity contribution in [2.75, 3.05) is 11.9 Å². The van der Waals surface area contributed by atoms with Crippen molar-refractivity contribution < 1.29 is 9.53 Å². The van der Waals surface area contributed by atoms with E-state index in [1.807, 2.05) is 62.4 Å². The lowest BCUT2D eigenvalue weighted by Gasteiger charge is -2.08. The summed E-state index contributed by atoms with van der Waals surface area (Å²) >= 11 is 1.45. The third-order valence-electron chi connectivity index (χ3n) is 3.90. The fourth-order valence-electron chi connectivity index (χ4n) is 2.61. The predicted molar refractivity (Wildman–Crippen MR) is 104 cm³/mol. The number of benzene rings is 2. The molecule has 0 saturated carbocycles. The number of hydrogen-bond acceptors (Lipinski definition) is 6. The summed E-state index contributed by atoms with van der Waals surface area (Å²) in [5, 5.41) is 16.3. The Labute approximate surface area is 159 Å². The van der Waals surface area contributed by atoms with Crippen LogP contribution < -0.4 is 10.1 Å². The second-order valence-corrected chi connectivity index (χ2v) is 7.04. The number of anilines is 1. The van der Waals surface area contributed by atoms with Crippen molar-refractivity contribution in [3.05, 3.63) is 59.9 Å². The molecule has 27 heavy (non-hydrogen) atoms. The van der Waals surface area contributed by atoms with Crippen LogP contribution in [0.2, 0.25) is 0 Å². The van der Waals surface area contributed by atoms with Gasteiger partial charge in [-0.3, -0.25) is 4.79 Å². The topological polar surface area (TPSA) is 81.4 Å². The van der Waals surface area contributed by atoms with Crippen LogP contribution in [0.4, 0.5) is 5.69 Å². The minimum Gasteiger partial charge on any atom is -0.484 e. The Balaban J connectivity index is 1.45. The van der Waals surface area contributed by atoms with E-state index in [0.717, 1.165) is 26.9 Å². The van der Waals surface area contributed by atoms with E-state index < -0.39 is 0 Å². The number of ether oxygens (including phenoxy) is 1. The largest absolute Gasteiger partial charge is 0.484 e. The molecule has 0 spiro atoms. The summed E-state index contributed by atoms with van der Waals surface area (Å²) < 4.78 is 7.25. The fraction of sp³-hybridized carbons (Fsp3) is 0.158. The minimum absolute atomic E-state index is 0.0520. The van der Waals surface area contributed by atoms with E-state index in [-0.39, 0.29) is 12.5 Å².